The van der Waals surface area contributed by atoms with E-state index in [1.165, 1.54) is 18.2 Å². The van der Waals surface area contributed by atoms with E-state index in [-0.39, 0.29) is 18.0 Å². The number of morpholine rings is 1. The molecule has 0 radical (unpaired) electrons. The summed E-state index contributed by atoms with van der Waals surface area (Å²) in [7, 11) is 0. The number of aliphatic hydroxyl groups is 1. The van der Waals surface area contributed by atoms with Gasteiger partial charge in [-0.05, 0) is 30.7 Å². The second-order valence-electron chi connectivity index (χ2n) is 6.24. The van der Waals surface area contributed by atoms with Gasteiger partial charge in [0, 0.05) is 25.2 Å². The van der Waals surface area contributed by atoms with E-state index in [4.69, 9.17) is 4.74 Å². The molecule has 0 aliphatic carbocycles. The number of benzene rings is 2. The quantitative estimate of drug-likeness (QED) is 0.930. The molecule has 5 heteroatoms. The highest BCUT2D eigenvalue weighted by Gasteiger charge is 2.28. The van der Waals surface area contributed by atoms with Crippen LogP contribution in [0.3, 0.4) is 0 Å². The Morgan fingerprint density at radius 3 is 2.54 bits per heavy atom. The summed E-state index contributed by atoms with van der Waals surface area (Å²) in [5.41, 5.74) is 1.20. The van der Waals surface area contributed by atoms with Gasteiger partial charge in [-0.1, -0.05) is 30.3 Å². The molecule has 3 unspecified atom stereocenters. The molecule has 2 aromatic rings. The van der Waals surface area contributed by atoms with Gasteiger partial charge in [0.15, 0.2) is 0 Å². The van der Waals surface area contributed by atoms with Crippen LogP contribution >= 0.6 is 0 Å². The van der Waals surface area contributed by atoms with Crippen LogP contribution in [-0.2, 0) is 4.74 Å². The molecule has 24 heavy (non-hydrogen) atoms. The van der Waals surface area contributed by atoms with E-state index in [2.05, 4.69) is 4.90 Å². The molecule has 3 nitrogen and oxygen atoms in total. The number of halogens is 2. The molecule has 1 fully saturated rings. The SMILES string of the molecule is CC1CN(CC(O)c2ccccc2F)CC(c2ccc(F)cc2)O1. The van der Waals surface area contributed by atoms with E-state index >= 15 is 0 Å². The lowest BCUT2D eigenvalue weighted by Crippen LogP contribution is -2.44. The van der Waals surface area contributed by atoms with Gasteiger partial charge in [0.05, 0.1) is 18.3 Å². The van der Waals surface area contributed by atoms with Crippen molar-refractivity contribution >= 4 is 0 Å². The Balaban J connectivity index is 1.69. The first-order valence-corrected chi connectivity index (χ1v) is 8.08. The van der Waals surface area contributed by atoms with Gasteiger partial charge in [-0.15, -0.1) is 0 Å². The summed E-state index contributed by atoms with van der Waals surface area (Å²) in [5, 5.41) is 10.4. The van der Waals surface area contributed by atoms with Crippen LogP contribution in [0.15, 0.2) is 48.5 Å². The molecule has 0 aromatic heterocycles. The van der Waals surface area contributed by atoms with Gasteiger partial charge in [-0.3, -0.25) is 4.90 Å². The highest BCUT2D eigenvalue weighted by atomic mass is 19.1. The minimum atomic E-state index is -0.898. The second-order valence-corrected chi connectivity index (χ2v) is 6.24. The lowest BCUT2D eigenvalue weighted by molar-refractivity contribution is -0.0871. The summed E-state index contributed by atoms with van der Waals surface area (Å²) in [4.78, 5) is 2.05. The highest BCUT2D eigenvalue weighted by Crippen LogP contribution is 2.27. The molecular formula is C19H21F2NO2. The number of β-amino-alcohol motifs (C(OH)–C–C–N with tert-alkyl or cyclic N) is 1. The van der Waals surface area contributed by atoms with Crippen molar-refractivity contribution in [2.45, 2.75) is 25.2 Å². The maximum absolute atomic E-state index is 13.8. The summed E-state index contributed by atoms with van der Waals surface area (Å²) >= 11 is 0. The molecule has 1 heterocycles. The predicted molar refractivity (Wildman–Crippen MR) is 87.5 cm³/mol. The maximum Gasteiger partial charge on any atom is 0.129 e. The van der Waals surface area contributed by atoms with Gasteiger partial charge in [0.25, 0.3) is 0 Å². The van der Waals surface area contributed by atoms with Crippen molar-refractivity contribution in [2.24, 2.45) is 0 Å². The van der Waals surface area contributed by atoms with Crippen LogP contribution in [0.2, 0.25) is 0 Å². The van der Waals surface area contributed by atoms with Gasteiger partial charge < -0.3 is 9.84 Å². The van der Waals surface area contributed by atoms with Gasteiger partial charge in [-0.2, -0.15) is 0 Å². The molecule has 0 amide bonds. The Labute approximate surface area is 140 Å². The van der Waals surface area contributed by atoms with E-state index in [0.717, 1.165) is 5.56 Å². The molecule has 1 saturated heterocycles. The van der Waals surface area contributed by atoms with Crippen LogP contribution in [0.25, 0.3) is 0 Å². The number of nitrogens with zero attached hydrogens (tertiary/aromatic N) is 1. The van der Waals surface area contributed by atoms with Crippen LogP contribution in [0, 0.1) is 11.6 Å². The maximum atomic E-state index is 13.8. The molecule has 0 saturated carbocycles. The van der Waals surface area contributed by atoms with Crippen molar-refractivity contribution in [3.8, 4) is 0 Å². The van der Waals surface area contributed by atoms with E-state index < -0.39 is 11.9 Å². The number of aliphatic hydroxyl groups excluding tert-OH is 1. The Kier molecular flexibility index (Phi) is 5.23. The van der Waals surface area contributed by atoms with E-state index in [0.29, 0.717) is 25.2 Å². The largest absolute Gasteiger partial charge is 0.387 e. The summed E-state index contributed by atoms with van der Waals surface area (Å²) in [5.74, 6) is -0.684. The second kappa shape index (κ2) is 7.38. The fraction of sp³-hybridized carbons (Fsp3) is 0.368. The number of hydrogen-bond acceptors (Lipinski definition) is 3. The first-order valence-electron chi connectivity index (χ1n) is 8.08. The molecular weight excluding hydrogens is 312 g/mol. The molecule has 2 aromatic carbocycles. The number of ether oxygens (including phenoxy) is 1. The molecule has 1 aliphatic rings. The third-order valence-corrected chi connectivity index (χ3v) is 4.27. The van der Waals surface area contributed by atoms with E-state index in [9.17, 15) is 13.9 Å². The topological polar surface area (TPSA) is 32.7 Å². The normalized spacial score (nSPS) is 23.2. The Bertz CT molecular complexity index is 677. The first-order chi connectivity index (χ1) is 11.5. The van der Waals surface area contributed by atoms with Gasteiger partial charge in [0.2, 0.25) is 0 Å². The molecule has 1 aliphatic heterocycles. The monoisotopic (exact) mass is 333 g/mol. The molecule has 128 valence electrons. The van der Waals surface area contributed by atoms with Crippen LogP contribution in [0.1, 0.15) is 30.3 Å². The zero-order chi connectivity index (χ0) is 17.1. The van der Waals surface area contributed by atoms with Gasteiger partial charge in [-0.25, -0.2) is 8.78 Å². The van der Waals surface area contributed by atoms with Crippen molar-refractivity contribution in [3.63, 3.8) is 0 Å². The Morgan fingerprint density at radius 2 is 1.83 bits per heavy atom. The van der Waals surface area contributed by atoms with Crippen LogP contribution in [0.5, 0.6) is 0 Å². The van der Waals surface area contributed by atoms with Crippen molar-refractivity contribution in [1.29, 1.82) is 0 Å². The van der Waals surface area contributed by atoms with Crippen molar-refractivity contribution in [2.75, 3.05) is 19.6 Å². The molecule has 3 atom stereocenters. The lowest BCUT2D eigenvalue weighted by Gasteiger charge is -2.38. The van der Waals surface area contributed by atoms with Gasteiger partial charge in [0.1, 0.15) is 11.6 Å². The fourth-order valence-electron chi connectivity index (χ4n) is 3.14. The Hall–Kier alpha value is -1.82. The smallest absolute Gasteiger partial charge is 0.129 e. The van der Waals surface area contributed by atoms with E-state index in [1.807, 2.05) is 6.92 Å². The average molecular weight is 333 g/mol. The first kappa shape index (κ1) is 17.0. The fourth-order valence-corrected chi connectivity index (χ4v) is 3.14. The summed E-state index contributed by atoms with van der Waals surface area (Å²) in [6, 6.07) is 12.5. The molecule has 3 rings (SSSR count). The van der Waals surface area contributed by atoms with Crippen molar-refractivity contribution in [1.82, 2.24) is 4.90 Å². The molecule has 1 N–H and O–H groups in total. The number of hydrogen-bond donors (Lipinski definition) is 1. The highest BCUT2D eigenvalue weighted by molar-refractivity contribution is 5.21. The summed E-state index contributed by atoms with van der Waals surface area (Å²) < 4.78 is 32.8. The standard InChI is InChI=1S/C19H21F2NO2/c1-13-10-22(11-18(23)16-4-2-3-5-17(16)21)12-19(24-13)14-6-8-15(20)9-7-14/h2-9,13,18-19,23H,10-12H2,1H3. The lowest BCUT2D eigenvalue weighted by atomic mass is 10.0. The zero-order valence-corrected chi connectivity index (χ0v) is 13.5. The third-order valence-electron chi connectivity index (χ3n) is 4.27. The summed E-state index contributed by atoms with van der Waals surface area (Å²) in [6.45, 7) is 3.51. The minimum absolute atomic E-state index is 0.0263. The van der Waals surface area contributed by atoms with E-state index in [1.54, 1.807) is 30.3 Å². The van der Waals surface area contributed by atoms with Crippen LogP contribution in [-0.4, -0.2) is 35.7 Å². The minimum Gasteiger partial charge on any atom is -0.387 e. The predicted octanol–water partition coefficient (Wildman–Crippen LogP) is 3.46. The third kappa shape index (κ3) is 3.98. The molecule has 0 bridgehead atoms. The molecule has 0 spiro atoms. The van der Waals surface area contributed by atoms with Crippen LogP contribution < -0.4 is 0 Å². The zero-order valence-electron chi connectivity index (χ0n) is 13.5. The van der Waals surface area contributed by atoms with Crippen molar-refractivity contribution < 1.29 is 18.6 Å². The average Bonchev–Trinajstić information content (AvgIpc) is 2.55. The van der Waals surface area contributed by atoms with Gasteiger partial charge >= 0.3 is 0 Å². The summed E-state index contributed by atoms with van der Waals surface area (Å²) in [6.07, 6.45) is -1.12. The number of rotatable bonds is 4. The Morgan fingerprint density at radius 1 is 1.12 bits per heavy atom. The van der Waals surface area contributed by atoms with Crippen molar-refractivity contribution in [3.05, 3.63) is 71.3 Å². The van der Waals surface area contributed by atoms with Crippen LogP contribution in [0.4, 0.5) is 8.78 Å².